The van der Waals surface area contributed by atoms with Crippen LogP contribution in [-0.4, -0.2) is 41.1 Å². The first-order chi connectivity index (χ1) is 14.9. The first-order valence-corrected chi connectivity index (χ1v) is 12.1. The molecule has 1 aliphatic carbocycles. The number of sulfonamides is 1. The number of halogens is 1. The monoisotopic (exact) mass is 459 g/mol. The van der Waals surface area contributed by atoms with Gasteiger partial charge in [-0.2, -0.15) is 5.10 Å². The molecule has 2 aromatic heterocycles. The minimum Gasteiger partial charge on any atom is -0.316 e. The average Bonchev–Trinajstić information content (AvgIpc) is 3.45. The Morgan fingerprint density at radius 1 is 1.16 bits per heavy atom. The maximum absolute atomic E-state index is 12.2. The Kier molecular flexibility index (Phi) is 5.11. The fourth-order valence-electron chi connectivity index (χ4n) is 3.59. The summed E-state index contributed by atoms with van der Waals surface area (Å²) in [6, 6.07) is 8.38. The van der Waals surface area contributed by atoms with E-state index in [1.54, 1.807) is 45.8 Å². The molecule has 0 radical (unpaired) electrons. The second-order valence-corrected chi connectivity index (χ2v) is 10.5. The van der Waals surface area contributed by atoms with E-state index in [9.17, 15) is 13.2 Å². The molecule has 0 bridgehead atoms. The van der Waals surface area contributed by atoms with Gasteiger partial charge in [0.25, 0.3) is 5.56 Å². The van der Waals surface area contributed by atoms with E-state index in [1.165, 1.54) is 0 Å². The lowest BCUT2D eigenvalue weighted by Crippen LogP contribution is -2.45. The van der Waals surface area contributed by atoms with Gasteiger partial charge in [-0.3, -0.25) is 9.52 Å². The predicted octanol–water partition coefficient (Wildman–Crippen LogP) is 2.48. The first kappa shape index (κ1) is 20.3. The molecule has 162 valence electrons. The number of aromatic nitrogens is 3. The van der Waals surface area contributed by atoms with Crippen molar-refractivity contribution in [3.8, 4) is 16.8 Å². The van der Waals surface area contributed by atoms with Gasteiger partial charge in [0.1, 0.15) is 0 Å². The van der Waals surface area contributed by atoms with E-state index in [4.69, 9.17) is 11.6 Å². The Labute approximate surface area is 184 Å². The van der Waals surface area contributed by atoms with Crippen LogP contribution in [0.4, 0.5) is 5.69 Å². The molecule has 1 saturated heterocycles. The van der Waals surface area contributed by atoms with E-state index in [-0.39, 0.29) is 10.8 Å². The van der Waals surface area contributed by atoms with E-state index in [1.807, 2.05) is 12.4 Å². The number of nitrogens with zero attached hydrogens (tertiary/aromatic N) is 3. The van der Waals surface area contributed by atoms with Crippen molar-refractivity contribution in [2.45, 2.75) is 24.6 Å². The Hall–Kier alpha value is -2.62. The van der Waals surface area contributed by atoms with E-state index in [0.717, 1.165) is 29.9 Å². The Balaban J connectivity index is 1.38. The normalized spacial score (nSPS) is 16.8. The molecule has 1 aromatic carbocycles. The number of nitrogens with one attached hydrogen (secondary N) is 2. The predicted molar refractivity (Wildman–Crippen MR) is 120 cm³/mol. The van der Waals surface area contributed by atoms with Crippen molar-refractivity contribution < 1.29 is 8.42 Å². The van der Waals surface area contributed by atoms with Gasteiger partial charge in [-0.05, 0) is 31.0 Å². The molecule has 2 fully saturated rings. The number of benzene rings is 1. The third kappa shape index (κ3) is 4.26. The average molecular weight is 460 g/mol. The molecule has 3 heterocycles. The van der Waals surface area contributed by atoms with E-state index < -0.39 is 10.0 Å². The van der Waals surface area contributed by atoms with Crippen molar-refractivity contribution in [3.05, 3.63) is 64.3 Å². The number of pyridine rings is 1. The summed E-state index contributed by atoms with van der Waals surface area (Å²) in [5, 5.41) is 7.77. The minimum absolute atomic E-state index is 0.0321. The van der Waals surface area contributed by atoms with Crippen molar-refractivity contribution in [3.63, 3.8) is 0 Å². The molecular weight excluding hydrogens is 438 g/mol. The third-order valence-electron chi connectivity index (χ3n) is 5.64. The Morgan fingerprint density at radius 3 is 2.65 bits per heavy atom. The van der Waals surface area contributed by atoms with E-state index in [0.29, 0.717) is 36.0 Å². The third-order valence-corrected chi connectivity index (χ3v) is 7.82. The highest BCUT2D eigenvalue weighted by Gasteiger charge is 2.35. The van der Waals surface area contributed by atoms with Gasteiger partial charge < -0.3 is 9.88 Å². The zero-order valence-corrected chi connectivity index (χ0v) is 18.2. The second kappa shape index (κ2) is 7.81. The summed E-state index contributed by atoms with van der Waals surface area (Å²) >= 11 is 6.45. The number of hydrogen-bond acceptors (Lipinski definition) is 5. The summed E-state index contributed by atoms with van der Waals surface area (Å²) in [5.74, 6) is 0.468. The lowest BCUT2D eigenvalue weighted by Gasteiger charge is -2.27. The molecule has 1 aliphatic heterocycles. The summed E-state index contributed by atoms with van der Waals surface area (Å²) in [4.78, 5) is 12.2. The Bertz CT molecular complexity index is 1290. The molecule has 31 heavy (non-hydrogen) atoms. The van der Waals surface area contributed by atoms with Crippen LogP contribution in [0.15, 0.2) is 53.7 Å². The van der Waals surface area contributed by atoms with Crippen molar-refractivity contribution in [2.75, 3.05) is 17.8 Å². The number of anilines is 1. The summed E-state index contributed by atoms with van der Waals surface area (Å²) in [6.45, 7) is 2.53. The van der Waals surface area contributed by atoms with Crippen LogP contribution in [0.3, 0.4) is 0 Å². The van der Waals surface area contributed by atoms with Crippen molar-refractivity contribution in [1.29, 1.82) is 0 Å². The molecule has 3 aromatic rings. The molecule has 0 spiro atoms. The number of rotatable bonds is 7. The van der Waals surface area contributed by atoms with Gasteiger partial charge in [0.05, 0.1) is 22.2 Å². The highest BCUT2D eigenvalue weighted by molar-refractivity contribution is 7.93. The van der Waals surface area contributed by atoms with Gasteiger partial charge >= 0.3 is 0 Å². The lowest BCUT2D eigenvalue weighted by atomic mass is 10.0. The van der Waals surface area contributed by atoms with Crippen LogP contribution in [0, 0.1) is 5.92 Å². The van der Waals surface area contributed by atoms with Crippen molar-refractivity contribution in [2.24, 2.45) is 5.92 Å². The number of hydrogen-bond donors (Lipinski definition) is 2. The van der Waals surface area contributed by atoms with Gasteiger partial charge in [-0.1, -0.05) is 17.7 Å². The van der Waals surface area contributed by atoms with Crippen molar-refractivity contribution >= 4 is 27.3 Å². The van der Waals surface area contributed by atoms with Gasteiger partial charge in [0, 0.05) is 60.8 Å². The Morgan fingerprint density at radius 2 is 1.97 bits per heavy atom. The molecule has 10 heteroatoms. The smallest absolute Gasteiger partial charge is 0.250 e. The fraction of sp³-hybridized carbons (Fsp3) is 0.333. The zero-order chi connectivity index (χ0) is 21.6. The van der Waals surface area contributed by atoms with E-state index in [2.05, 4.69) is 15.1 Å². The largest absolute Gasteiger partial charge is 0.316 e. The molecule has 2 N–H and O–H groups in total. The molecule has 1 saturated carbocycles. The molecule has 5 rings (SSSR count). The summed E-state index contributed by atoms with van der Waals surface area (Å²) in [7, 11) is -3.34. The SMILES string of the molecule is O=c1ccc(-n2cc(-c3ccc(NS(=O)(=O)C4CC4)cc3Cl)cn2)cn1CC1CNC1. The highest BCUT2D eigenvalue weighted by atomic mass is 35.5. The van der Waals surface area contributed by atoms with Crippen LogP contribution in [0.25, 0.3) is 16.8 Å². The molecule has 2 aliphatic rings. The summed E-state index contributed by atoms with van der Waals surface area (Å²) in [5.41, 5.74) is 2.74. The molecule has 0 atom stereocenters. The zero-order valence-electron chi connectivity index (χ0n) is 16.7. The van der Waals surface area contributed by atoms with Gasteiger partial charge in [0.15, 0.2) is 0 Å². The molecule has 0 unspecified atom stereocenters. The summed E-state index contributed by atoms with van der Waals surface area (Å²) in [6.07, 6.45) is 6.75. The maximum Gasteiger partial charge on any atom is 0.250 e. The molecular formula is C21H22ClN5O3S. The minimum atomic E-state index is -3.34. The quantitative estimate of drug-likeness (QED) is 0.565. The van der Waals surface area contributed by atoms with Gasteiger partial charge in [0.2, 0.25) is 10.0 Å². The van der Waals surface area contributed by atoms with Crippen LogP contribution in [-0.2, 0) is 16.6 Å². The van der Waals surface area contributed by atoms with Crippen LogP contribution in [0.2, 0.25) is 5.02 Å². The van der Waals surface area contributed by atoms with Gasteiger partial charge in [-0.25, -0.2) is 13.1 Å². The van der Waals surface area contributed by atoms with Gasteiger partial charge in [-0.15, -0.1) is 0 Å². The summed E-state index contributed by atoms with van der Waals surface area (Å²) < 4.78 is 30.3. The fourth-order valence-corrected chi connectivity index (χ4v) is 5.26. The van der Waals surface area contributed by atoms with Crippen LogP contribution in [0.5, 0.6) is 0 Å². The standard InChI is InChI=1S/C21H22ClN5O3S/c22-20-7-16(25-31(29,30)18-3-4-18)1-5-19(20)15-10-24-27(12-15)17-2-6-21(28)26(13-17)11-14-8-23-9-14/h1-2,5-7,10,12-14,18,23,25H,3-4,8-9,11H2. The maximum atomic E-state index is 12.2. The molecule has 0 amide bonds. The topological polar surface area (TPSA) is 98.0 Å². The van der Waals surface area contributed by atoms with Crippen LogP contribution < -0.4 is 15.6 Å². The van der Waals surface area contributed by atoms with Crippen LogP contribution in [0.1, 0.15) is 12.8 Å². The second-order valence-electron chi connectivity index (χ2n) is 8.12. The molecule has 8 nitrogen and oxygen atoms in total. The highest BCUT2D eigenvalue weighted by Crippen LogP contribution is 2.33. The lowest BCUT2D eigenvalue weighted by molar-refractivity contribution is 0.303. The van der Waals surface area contributed by atoms with E-state index >= 15 is 0 Å². The first-order valence-electron chi connectivity index (χ1n) is 10.2. The van der Waals surface area contributed by atoms with Crippen LogP contribution >= 0.6 is 11.6 Å². The van der Waals surface area contributed by atoms with Crippen molar-refractivity contribution in [1.82, 2.24) is 19.7 Å².